The lowest BCUT2D eigenvalue weighted by Gasteiger charge is -2.13. The van der Waals surface area contributed by atoms with Crippen LogP contribution < -0.4 is 14.8 Å². The molecule has 0 unspecified atom stereocenters. The molecular weight excluding hydrogens is 474 g/mol. The standard InChI is InChI=1S/C29H32ClN3O3/c1-35-26-15-8-9-16-27(26)36-20-19-33-25-14-7-6-13-24(25)32-28(33)17-3-2-10-18-31-29(34)21-22-11-4-5-12-23(22)30/h4-9,11-16H,2-3,10,17-21H2,1H3,(H,31,34). The number of amides is 1. The molecule has 7 heteroatoms. The lowest BCUT2D eigenvalue weighted by Crippen LogP contribution is -2.26. The summed E-state index contributed by atoms with van der Waals surface area (Å²) in [7, 11) is 1.65. The molecule has 0 aliphatic heterocycles. The molecule has 1 heterocycles. The molecule has 0 bridgehead atoms. The lowest BCUT2D eigenvalue weighted by atomic mass is 10.1. The van der Waals surface area contributed by atoms with E-state index in [1.54, 1.807) is 7.11 Å². The Bertz CT molecular complexity index is 1290. The number of unbranched alkanes of at least 4 members (excludes halogenated alkanes) is 2. The fourth-order valence-electron chi connectivity index (χ4n) is 4.24. The van der Waals surface area contributed by atoms with Gasteiger partial charge >= 0.3 is 0 Å². The number of imidazole rings is 1. The normalized spacial score (nSPS) is 10.9. The minimum atomic E-state index is -0.0000563. The van der Waals surface area contributed by atoms with Gasteiger partial charge in [0.25, 0.3) is 0 Å². The predicted molar refractivity (Wildman–Crippen MR) is 144 cm³/mol. The minimum Gasteiger partial charge on any atom is -0.493 e. The molecule has 3 aromatic carbocycles. The van der Waals surface area contributed by atoms with Crippen molar-refractivity contribution in [1.82, 2.24) is 14.9 Å². The van der Waals surface area contributed by atoms with Crippen LogP contribution in [0.25, 0.3) is 11.0 Å². The summed E-state index contributed by atoms with van der Waals surface area (Å²) in [5.74, 6) is 2.53. The number of aryl methyl sites for hydroxylation is 1. The molecule has 0 fully saturated rings. The number of hydrogen-bond acceptors (Lipinski definition) is 4. The van der Waals surface area contributed by atoms with Crippen molar-refractivity contribution in [2.24, 2.45) is 0 Å². The molecule has 1 amide bonds. The maximum Gasteiger partial charge on any atom is 0.224 e. The molecule has 1 aromatic heterocycles. The Balaban J connectivity index is 1.25. The third kappa shape index (κ3) is 6.79. The van der Waals surface area contributed by atoms with Crippen LogP contribution in [0, 0.1) is 0 Å². The van der Waals surface area contributed by atoms with Gasteiger partial charge < -0.3 is 19.4 Å². The molecule has 4 aromatic rings. The Morgan fingerprint density at radius 3 is 2.53 bits per heavy atom. The van der Waals surface area contributed by atoms with Crippen LogP contribution in [0.15, 0.2) is 72.8 Å². The monoisotopic (exact) mass is 505 g/mol. The number of methoxy groups -OCH3 is 1. The van der Waals surface area contributed by atoms with Crippen molar-refractivity contribution in [1.29, 1.82) is 0 Å². The maximum atomic E-state index is 12.2. The van der Waals surface area contributed by atoms with E-state index in [0.717, 1.165) is 59.6 Å². The molecule has 0 aliphatic rings. The van der Waals surface area contributed by atoms with Gasteiger partial charge in [-0.3, -0.25) is 4.79 Å². The summed E-state index contributed by atoms with van der Waals surface area (Å²) in [5, 5.41) is 3.63. The van der Waals surface area contributed by atoms with E-state index in [1.165, 1.54) is 0 Å². The summed E-state index contributed by atoms with van der Waals surface area (Å²) < 4.78 is 13.6. The Morgan fingerprint density at radius 1 is 0.944 bits per heavy atom. The highest BCUT2D eigenvalue weighted by Gasteiger charge is 2.11. The average molecular weight is 506 g/mol. The number of nitrogens with one attached hydrogen (secondary N) is 1. The topological polar surface area (TPSA) is 65.4 Å². The number of hydrogen-bond donors (Lipinski definition) is 1. The molecule has 188 valence electrons. The molecule has 1 N–H and O–H groups in total. The summed E-state index contributed by atoms with van der Waals surface area (Å²) >= 11 is 6.15. The van der Waals surface area contributed by atoms with Crippen LogP contribution in [-0.2, 0) is 24.2 Å². The van der Waals surface area contributed by atoms with Gasteiger partial charge in [0.15, 0.2) is 11.5 Å². The van der Waals surface area contributed by atoms with Crippen LogP contribution in [0.1, 0.15) is 30.7 Å². The molecule has 0 atom stereocenters. The third-order valence-electron chi connectivity index (χ3n) is 6.08. The fourth-order valence-corrected chi connectivity index (χ4v) is 4.44. The number of rotatable bonds is 13. The molecular formula is C29H32ClN3O3. The number of carbonyl (C=O) groups excluding carboxylic acids is 1. The van der Waals surface area contributed by atoms with E-state index in [1.807, 2.05) is 66.7 Å². The van der Waals surface area contributed by atoms with Gasteiger partial charge in [0.05, 0.1) is 31.1 Å². The van der Waals surface area contributed by atoms with Crippen LogP contribution in [0.2, 0.25) is 5.02 Å². The van der Waals surface area contributed by atoms with Crippen molar-refractivity contribution >= 4 is 28.5 Å². The highest BCUT2D eigenvalue weighted by Crippen LogP contribution is 2.26. The zero-order chi connectivity index (χ0) is 25.2. The van der Waals surface area contributed by atoms with Crippen molar-refractivity contribution in [3.63, 3.8) is 0 Å². The van der Waals surface area contributed by atoms with Crippen molar-refractivity contribution < 1.29 is 14.3 Å². The van der Waals surface area contributed by atoms with Crippen molar-refractivity contribution in [2.75, 3.05) is 20.3 Å². The SMILES string of the molecule is COc1ccccc1OCCn1c(CCCCCNC(=O)Cc2ccccc2Cl)nc2ccccc21. The van der Waals surface area contributed by atoms with Gasteiger partial charge in [-0.1, -0.05) is 60.5 Å². The first-order valence-electron chi connectivity index (χ1n) is 12.4. The molecule has 0 aliphatic carbocycles. The number of fused-ring (bicyclic) bond motifs is 1. The molecule has 0 saturated heterocycles. The molecule has 4 rings (SSSR count). The first-order chi connectivity index (χ1) is 17.7. The summed E-state index contributed by atoms with van der Waals surface area (Å²) in [4.78, 5) is 17.1. The number of aromatic nitrogens is 2. The van der Waals surface area contributed by atoms with Crippen molar-refractivity contribution in [3.05, 3.63) is 89.2 Å². The first-order valence-corrected chi connectivity index (χ1v) is 12.7. The van der Waals surface area contributed by atoms with Gasteiger partial charge in [-0.2, -0.15) is 0 Å². The van der Waals surface area contributed by atoms with Crippen LogP contribution in [0.3, 0.4) is 0 Å². The van der Waals surface area contributed by atoms with Gasteiger partial charge in [-0.15, -0.1) is 0 Å². The van der Waals surface area contributed by atoms with E-state index in [-0.39, 0.29) is 5.91 Å². The minimum absolute atomic E-state index is 0.0000563. The van der Waals surface area contributed by atoms with Gasteiger partial charge in [0.2, 0.25) is 5.91 Å². The van der Waals surface area contributed by atoms with E-state index in [2.05, 4.69) is 16.0 Å². The van der Waals surface area contributed by atoms with E-state index in [0.29, 0.717) is 31.1 Å². The molecule has 0 spiro atoms. The second-order valence-corrected chi connectivity index (χ2v) is 9.00. The summed E-state index contributed by atoms with van der Waals surface area (Å²) in [5.41, 5.74) is 2.96. The van der Waals surface area contributed by atoms with Crippen LogP contribution in [0.4, 0.5) is 0 Å². The molecule has 0 radical (unpaired) electrons. The molecule has 6 nitrogen and oxygen atoms in total. The first kappa shape index (κ1) is 25.6. The Hall–Kier alpha value is -3.51. The van der Waals surface area contributed by atoms with Gasteiger partial charge in [-0.05, 0) is 48.7 Å². The number of para-hydroxylation sites is 4. The highest BCUT2D eigenvalue weighted by molar-refractivity contribution is 6.31. The maximum absolute atomic E-state index is 12.2. The number of ether oxygens (including phenoxy) is 2. The largest absolute Gasteiger partial charge is 0.493 e. The van der Waals surface area contributed by atoms with Crippen molar-refractivity contribution in [2.45, 2.75) is 38.6 Å². The second kappa shape index (κ2) is 13.0. The smallest absolute Gasteiger partial charge is 0.224 e. The number of halogens is 1. The van der Waals surface area contributed by atoms with E-state index >= 15 is 0 Å². The number of nitrogens with zero attached hydrogens (tertiary/aromatic N) is 2. The molecule has 36 heavy (non-hydrogen) atoms. The number of benzene rings is 3. The van der Waals surface area contributed by atoms with E-state index in [4.69, 9.17) is 26.1 Å². The highest BCUT2D eigenvalue weighted by atomic mass is 35.5. The summed E-state index contributed by atoms with van der Waals surface area (Å²) in [6.45, 7) is 1.88. The van der Waals surface area contributed by atoms with Crippen LogP contribution >= 0.6 is 11.6 Å². The van der Waals surface area contributed by atoms with Gasteiger partial charge in [0.1, 0.15) is 12.4 Å². The van der Waals surface area contributed by atoms with Crippen LogP contribution in [0.5, 0.6) is 11.5 Å². The predicted octanol–water partition coefficient (Wildman–Crippen LogP) is 5.85. The van der Waals surface area contributed by atoms with E-state index in [9.17, 15) is 4.79 Å². The Morgan fingerprint density at radius 2 is 1.69 bits per heavy atom. The zero-order valence-electron chi connectivity index (χ0n) is 20.6. The Kier molecular flexibility index (Phi) is 9.22. The zero-order valence-corrected chi connectivity index (χ0v) is 21.3. The average Bonchev–Trinajstić information content (AvgIpc) is 3.25. The van der Waals surface area contributed by atoms with E-state index < -0.39 is 0 Å². The van der Waals surface area contributed by atoms with Gasteiger partial charge in [-0.25, -0.2) is 4.98 Å². The number of carbonyl (C=O) groups is 1. The fraction of sp³-hybridized carbons (Fsp3) is 0.310. The van der Waals surface area contributed by atoms with Crippen molar-refractivity contribution in [3.8, 4) is 11.5 Å². The molecule has 0 saturated carbocycles. The quantitative estimate of drug-likeness (QED) is 0.231. The second-order valence-electron chi connectivity index (χ2n) is 8.60. The third-order valence-corrected chi connectivity index (χ3v) is 6.45. The van der Waals surface area contributed by atoms with Gasteiger partial charge in [0, 0.05) is 18.0 Å². The Labute approximate surface area is 217 Å². The van der Waals surface area contributed by atoms with Crippen LogP contribution in [-0.4, -0.2) is 35.7 Å². The lowest BCUT2D eigenvalue weighted by molar-refractivity contribution is -0.120. The summed E-state index contributed by atoms with van der Waals surface area (Å²) in [6, 6.07) is 23.3. The summed E-state index contributed by atoms with van der Waals surface area (Å²) in [6.07, 6.45) is 4.10.